The lowest BCUT2D eigenvalue weighted by atomic mass is 9.68. The molecule has 1 heterocycles. The van der Waals surface area contributed by atoms with Crippen LogP contribution in [0.3, 0.4) is 0 Å². The molecule has 1 unspecified atom stereocenters. The number of oxime groups is 1. The van der Waals surface area contributed by atoms with Crippen molar-refractivity contribution in [3.05, 3.63) is 30.1 Å². The van der Waals surface area contributed by atoms with E-state index in [4.69, 9.17) is 17.1 Å². The summed E-state index contributed by atoms with van der Waals surface area (Å²) in [4.78, 5) is 10.6. The van der Waals surface area contributed by atoms with Crippen molar-refractivity contribution in [2.24, 2.45) is 5.16 Å². The molecule has 0 aliphatic heterocycles. The zero-order chi connectivity index (χ0) is 15.3. The Morgan fingerprint density at radius 2 is 2.29 bits per heavy atom. The molecule has 2 rings (SSSR count). The molecule has 0 radical (unpaired) electrons. The van der Waals surface area contributed by atoms with Gasteiger partial charge in [0, 0.05) is 19.4 Å². The summed E-state index contributed by atoms with van der Waals surface area (Å²) < 4.78 is 0. The van der Waals surface area contributed by atoms with E-state index in [1.54, 1.807) is 6.20 Å². The van der Waals surface area contributed by atoms with Crippen LogP contribution in [0.1, 0.15) is 45.1 Å². The molecule has 1 saturated carbocycles. The van der Waals surface area contributed by atoms with E-state index in [1.165, 1.54) is 0 Å². The van der Waals surface area contributed by atoms with Gasteiger partial charge in [0.25, 0.3) is 0 Å². The number of aromatic nitrogens is 1. The van der Waals surface area contributed by atoms with Crippen LogP contribution < -0.4 is 5.32 Å². The fourth-order valence-electron chi connectivity index (χ4n) is 2.85. The fourth-order valence-corrected chi connectivity index (χ4v) is 3.19. The van der Waals surface area contributed by atoms with Crippen LogP contribution in [0.15, 0.2) is 29.7 Å². The molecule has 0 spiro atoms. The second-order valence-electron chi connectivity index (χ2n) is 5.63. The number of thiocarbonyl (C=S) groups is 1. The van der Waals surface area contributed by atoms with Gasteiger partial charge in [-0.15, -0.1) is 0 Å². The predicted molar refractivity (Wildman–Crippen MR) is 89.7 cm³/mol. The number of nitrogens with one attached hydrogen (secondary N) is 1. The van der Waals surface area contributed by atoms with E-state index in [0.29, 0.717) is 0 Å². The average Bonchev–Trinajstić information content (AvgIpc) is 2.53. The molecule has 1 aromatic heterocycles. The molecule has 1 aromatic rings. The van der Waals surface area contributed by atoms with Gasteiger partial charge in [0.1, 0.15) is 6.10 Å². The van der Waals surface area contributed by atoms with Gasteiger partial charge in [-0.1, -0.05) is 29.9 Å². The maximum absolute atomic E-state index is 5.65. The lowest BCUT2D eigenvalue weighted by Gasteiger charge is -2.38. The molecule has 1 fully saturated rings. The third-order valence-corrected chi connectivity index (χ3v) is 4.40. The fraction of sp³-hybridized carbons (Fsp3) is 0.562. The minimum atomic E-state index is -0.383. The number of likely N-dealkylation sites (N-methyl/N-ethyl adjacent to an activating group) is 1. The second-order valence-corrected chi connectivity index (χ2v) is 6.03. The molecule has 114 valence electrons. The van der Waals surface area contributed by atoms with Crippen LogP contribution in [-0.2, 0) is 10.3 Å². The van der Waals surface area contributed by atoms with Gasteiger partial charge in [0.2, 0.25) is 0 Å². The van der Waals surface area contributed by atoms with Gasteiger partial charge in [0.05, 0.1) is 16.1 Å². The topological polar surface area (TPSA) is 46.5 Å². The number of pyridine rings is 1. The first-order valence-electron chi connectivity index (χ1n) is 7.47. The monoisotopic (exact) mass is 305 g/mol. The lowest BCUT2D eigenvalue weighted by Crippen LogP contribution is -2.50. The van der Waals surface area contributed by atoms with Crippen LogP contribution in [0.5, 0.6) is 0 Å². The molecule has 1 N–H and O–H groups in total. The Kier molecular flexibility index (Phi) is 5.28. The summed E-state index contributed by atoms with van der Waals surface area (Å²) in [7, 11) is 1.87. The summed E-state index contributed by atoms with van der Waals surface area (Å²) in [5.41, 5.74) is 1.72. The van der Waals surface area contributed by atoms with Gasteiger partial charge in [-0.2, -0.15) is 0 Å². The minimum Gasteiger partial charge on any atom is -0.393 e. The Bertz CT molecular complexity index is 516. The van der Waals surface area contributed by atoms with Crippen molar-refractivity contribution in [2.75, 3.05) is 7.05 Å². The van der Waals surface area contributed by atoms with Crippen LogP contribution in [0.4, 0.5) is 0 Å². The normalized spacial score (nSPS) is 24.1. The second kappa shape index (κ2) is 6.98. The van der Waals surface area contributed by atoms with Crippen molar-refractivity contribution in [1.29, 1.82) is 0 Å². The maximum atomic E-state index is 5.65. The molecular formula is C16H23N3OS. The Hall–Kier alpha value is -1.49. The first-order chi connectivity index (χ1) is 10.1. The van der Waals surface area contributed by atoms with E-state index in [2.05, 4.69) is 21.5 Å². The average molecular weight is 305 g/mol. The largest absolute Gasteiger partial charge is 0.393 e. The van der Waals surface area contributed by atoms with Crippen LogP contribution >= 0.6 is 12.2 Å². The molecule has 4 nitrogen and oxygen atoms in total. The summed E-state index contributed by atoms with van der Waals surface area (Å²) in [5, 5.41) is 7.60. The quantitative estimate of drug-likeness (QED) is 0.685. The number of rotatable bonds is 4. The van der Waals surface area contributed by atoms with Crippen molar-refractivity contribution in [1.82, 2.24) is 10.3 Å². The smallest absolute Gasteiger partial charge is 0.122 e. The van der Waals surface area contributed by atoms with Crippen molar-refractivity contribution in [3.63, 3.8) is 0 Å². The van der Waals surface area contributed by atoms with Crippen LogP contribution in [0, 0.1) is 0 Å². The summed E-state index contributed by atoms with van der Waals surface area (Å²) in [5.74, 6) is 0. The zero-order valence-corrected chi connectivity index (χ0v) is 13.7. The van der Waals surface area contributed by atoms with E-state index < -0.39 is 0 Å². The number of hydrogen-bond donors (Lipinski definition) is 1. The Labute approximate surface area is 132 Å². The van der Waals surface area contributed by atoms with Crippen molar-refractivity contribution >= 4 is 22.9 Å². The van der Waals surface area contributed by atoms with Gasteiger partial charge in [-0.25, -0.2) is 0 Å². The van der Waals surface area contributed by atoms with Crippen molar-refractivity contribution in [3.8, 4) is 0 Å². The van der Waals surface area contributed by atoms with Crippen LogP contribution in [-0.4, -0.2) is 28.8 Å². The third-order valence-electron chi connectivity index (χ3n) is 3.85. The Balaban J connectivity index is 2.50. The minimum absolute atomic E-state index is 0.0641. The highest BCUT2D eigenvalue weighted by atomic mass is 32.1. The molecule has 0 aromatic carbocycles. The molecule has 1 aliphatic rings. The standard InChI is InChI=1S/C16H23N3OS/c1-12(2)20-19-14-8-4-5-9-16(14,15(21)17-3)13-7-6-10-18-11-13/h6-7,10-12H,4-5,8-9H2,1-3H3,(H,17,21). The zero-order valence-electron chi connectivity index (χ0n) is 12.9. The molecule has 0 amide bonds. The van der Waals surface area contributed by atoms with Gasteiger partial charge in [-0.05, 0) is 44.7 Å². The first kappa shape index (κ1) is 15.9. The van der Waals surface area contributed by atoms with Crippen LogP contribution in [0.25, 0.3) is 0 Å². The molecule has 21 heavy (non-hydrogen) atoms. The molecule has 1 atom stereocenters. The maximum Gasteiger partial charge on any atom is 0.122 e. The molecule has 5 heteroatoms. The van der Waals surface area contributed by atoms with E-state index >= 15 is 0 Å². The summed E-state index contributed by atoms with van der Waals surface area (Å²) >= 11 is 5.65. The van der Waals surface area contributed by atoms with E-state index in [0.717, 1.165) is 41.9 Å². The van der Waals surface area contributed by atoms with Gasteiger partial charge >= 0.3 is 0 Å². The van der Waals surface area contributed by atoms with E-state index in [-0.39, 0.29) is 11.5 Å². The van der Waals surface area contributed by atoms with Crippen molar-refractivity contribution < 1.29 is 4.84 Å². The van der Waals surface area contributed by atoms with Gasteiger partial charge in [-0.3, -0.25) is 4.98 Å². The number of hydrogen-bond acceptors (Lipinski definition) is 4. The summed E-state index contributed by atoms with van der Waals surface area (Å²) in [6, 6.07) is 4.03. The Morgan fingerprint density at radius 1 is 1.48 bits per heavy atom. The lowest BCUT2D eigenvalue weighted by molar-refractivity contribution is 0.0836. The van der Waals surface area contributed by atoms with Gasteiger partial charge < -0.3 is 10.2 Å². The molecule has 1 aliphatic carbocycles. The van der Waals surface area contributed by atoms with E-state index in [1.807, 2.05) is 33.2 Å². The predicted octanol–water partition coefficient (Wildman–Crippen LogP) is 3.22. The van der Waals surface area contributed by atoms with Crippen LogP contribution in [0.2, 0.25) is 0 Å². The van der Waals surface area contributed by atoms with Crippen molar-refractivity contribution in [2.45, 2.75) is 51.0 Å². The first-order valence-corrected chi connectivity index (χ1v) is 7.88. The summed E-state index contributed by atoms with van der Waals surface area (Å²) in [6.07, 6.45) is 7.83. The number of nitrogens with zero attached hydrogens (tertiary/aromatic N) is 2. The molecule has 0 saturated heterocycles. The Morgan fingerprint density at radius 3 is 2.90 bits per heavy atom. The SMILES string of the molecule is CNC(=S)C1(c2cccnc2)CCCCC1=NOC(C)C. The highest BCUT2D eigenvalue weighted by molar-refractivity contribution is 7.80. The highest BCUT2D eigenvalue weighted by Gasteiger charge is 2.44. The van der Waals surface area contributed by atoms with Gasteiger partial charge in [0.15, 0.2) is 0 Å². The summed E-state index contributed by atoms with van der Waals surface area (Å²) in [6.45, 7) is 3.96. The molecular weight excluding hydrogens is 282 g/mol. The van der Waals surface area contributed by atoms with E-state index in [9.17, 15) is 0 Å². The highest BCUT2D eigenvalue weighted by Crippen LogP contribution is 2.38. The third kappa shape index (κ3) is 3.23. The molecule has 0 bridgehead atoms.